The molecule has 1 fully saturated rings. The predicted molar refractivity (Wildman–Crippen MR) is 93.2 cm³/mol. The number of nitrogens with one attached hydrogen (secondary N) is 1. The van der Waals surface area contributed by atoms with Crippen molar-refractivity contribution >= 4 is 10.0 Å². The molecule has 5 heteroatoms. The van der Waals surface area contributed by atoms with E-state index in [-0.39, 0.29) is 0 Å². The molecule has 1 atom stereocenters. The first kappa shape index (κ1) is 16.9. The number of benzene rings is 1. The van der Waals surface area contributed by atoms with Gasteiger partial charge in [0.2, 0.25) is 10.0 Å². The molecule has 4 nitrogen and oxygen atoms in total. The van der Waals surface area contributed by atoms with Gasteiger partial charge in [-0.3, -0.25) is 4.90 Å². The maximum atomic E-state index is 12.5. The molecule has 0 spiro atoms. The minimum atomic E-state index is -3.39. The zero-order valence-corrected chi connectivity index (χ0v) is 14.9. The van der Waals surface area contributed by atoms with Crippen molar-refractivity contribution in [1.29, 1.82) is 0 Å². The summed E-state index contributed by atoms with van der Waals surface area (Å²) in [6.45, 7) is 4.61. The van der Waals surface area contributed by atoms with Crippen LogP contribution in [0.4, 0.5) is 0 Å². The van der Waals surface area contributed by atoms with Gasteiger partial charge in [-0.1, -0.05) is 12.5 Å². The summed E-state index contributed by atoms with van der Waals surface area (Å²) in [5.41, 5.74) is 2.53. The molecule has 1 aliphatic carbocycles. The maximum absolute atomic E-state index is 12.5. The maximum Gasteiger partial charge on any atom is 0.240 e. The molecule has 1 saturated heterocycles. The number of fused-ring (bicyclic) bond motifs is 1. The molecule has 128 valence electrons. The van der Waals surface area contributed by atoms with Gasteiger partial charge in [0.1, 0.15) is 0 Å². The third kappa shape index (κ3) is 4.14. The molecule has 1 unspecified atom stereocenters. The Morgan fingerprint density at radius 1 is 1.13 bits per heavy atom. The highest BCUT2D eigenvalue weighted by Gasteiger charge is 2.20. The Morgan fingerprint density at radius 3 is 2.70 bits per heavy atom. The Balaban J connectivity index is 1.60. The van der Waals surface area contributed by atoms with Crippen LogP contribution >= 0.6 is 0 Å². The van der Waals surface area contributed by atoms with E-state index in [1.54, 1.807) is 6.07 Å². The van der Waals surface area contributed by atoms with E-state index < -0.39 is 10.0 Å². The lowest BCUT2D eigenvalue weighted by molar-refractivity contribution is 0.164. The summed E-state index contributed by atoms with van der Waals surface area (Å²) in [6.07, 6.45) is 8.19. The van der Waals surface area contributed by atoms with Crippen LogP contribution < -0.4 is 4.72 Å². The first-order chi connectivity index (χ1) is 11.1. The van der Waals surface area contributed by atoms with E-state index in [1.807, 2.05) is 12.1 Å². The SMILES string of the molecule is CC1CCCCN1CCNS(=O)(=O)c1ccc2c(c1)CCCC2. The van der Waals surface area contributed by atoms with Gasteiger partial charge in [-0.25, -0.2) is 13.1 Å². The van der Waals surface area contributed by atoms with Crippen molar-refractivity contribution in [3.8, 4) is 0 Å². The fourth-order valence-corrected chi connectivity index (χ4v) is 4.84. The summed E-state index contributed by atoms with van der Waals surface area (Å²) in [5, 5.41) is 0. The molecule has 0 saturated carbocycles. The van der Waals surface area contributed by atoms with Crippen LogP contribution in [0.15, 0.2) is 23.1 Å². The molecule has 3 rings (SSSR count). The second-order valence-electron chi connectivity index (χ2n) is 6.92. The predicted octanol–water partition coefficient (Wildman–Crippen LogP) is 2.72. The molecule has 1 aromatic rings. The minimum Gasteiger partial charge on any atom is -0.299 e. The zero-order chi connectivity index (χ0) is 16.3. The van der Waals surface area contributed by atoms with Gasteiger partial charge in [-0.05, 0) is 75.3 Å². The van der Waals surface area contributed by atoms with Gasteiger partial charge in [0.25, 0.3) is 0 Å². The van der Waals surface area contributed by atoms with Crippen molar-refractivity contribution < 1.29 is 8.42 Å². The van der Waals surface area contributed by atoms with Crippen molar-refractivity contribution in [2.24, 2.45) is 0 Å². The van der Waals surface area contributed by atoms with Crippen LogP contribution in [0.3, 0.4) is 0 Å². The number of hydrogen-bond donors (Lipinski definition) is 1. The minimum absolute atomic E-state index is 0.421. The second-order valence-corrected chi connectivity index (χ2v) is 8.68. The summed E-state index contributed by atoms with van der Waals surface area (Å²) in [6, 6.07) is 6.20. The first-order valence-electron chi connectivity index (χ1n) is 8.92. The Labute approximate surface area is 140 Å². The average Bonchev–Trinajstić information content (AvgIpc) is 2.56. The van der Waals surface area contributed by atoms with Crippen LogP contribution in [0.1, 0.15) is 50.2 Å². The van der Waals surface area contributed by atoms with Gasteiger partial charge in [0.15, 0.2) is 0 Å². The normalized spacial score (nSPS) is 22.7. The number of likely N-dealkylation sites (tertiary alicyclic amines) is 1. The van der Waals surface area contributed by atoms with Gasteiger partial charge in [0, 0.05) is 19.1 Å². The van der Waals surface area contributed by atoms with Crippen molar-refractivity contribution in [2.45, 2.75) is 62.8 Å². The highest BCUT2D eigenvalue weighted by Crippen LogP contribution is 2.24. The van der Waals surface area contributed by atoms with Gasteiger partial charge < -0.3 is 0 Å². The molecule has 0 radical (unpaired) electrons. The monoisotopic (exact) mass is 336 g/mol. The summed E-state index contributed by atoms with van der Waals surface area (Å²) in [7, 11) is -3.39. The zero-order valence-electron chi connectivity index (χ0n) is 14.1. The van der Waals surface area contributed by atoms with E-state index in [9.17, 15) is 8.42 Å². The molecule has 1 aromatic carbocycles. The van der Waals surface area contributed by atoms with Crippen LogP contribution in [-0.2, 0) is 22.9 Å². The van der Waals surface area contributed by atoms with E-state index in [4.69, 9.17) is 0 Å². The van der Waals surface area contributed by atoms with Crippen LogP contribution in [0.2, 0.25) is 0 Å². The summed E-state index contributed by atoms with van der Waals surface area (Å²) >= 11 is 0. The molecule has 0 amide bonds. The van der Waals surface area contributed by atoms with Crippen molar-refractivity contribution in [3.05, 3.63) is 29.3 Å². The van der Waals surface area contributed by atoms with E-state index in [0.29, 0.717) is 17.5 Å². The largest absolute Gasteiger partial charge is 0.299 e. The van der Waals surface area contributed by atoms with E-state index >= 15 is 0 Å². The molecule has 0 aromatic heterocycles. The second kappa shape index (κ2) is 7.32. The number of piperidine rings is 1. The van der Waals surface area contributed by atoms with Crippen molar-refractivity contribution in [2.75, 3.05) is 19.6 Å². The van der Waals surface area contributed by atoms with Crippen LogP contribution in [0, 0.1) is 0 Å². The van der Waals surface area contributed by atoms with Crippen molar-refractivity contribution in [1.82, 2.24) is 9.62 Å². The molecular formula is C18H28N2O2S. The summed E-state index contributed by atoms with van der Waals surface area (Å²) < 4.78 is 27.8. The van der Waals surface area contributed by atoms with Gasteiger partial charge in [-0.2, -0.15) is 0 Å². The topological polar surface area (TPSA) is 49.4 Å². The molecule has 0 bridgehead atoms. The number of aryl methyl sites for hydroxylation is 2. The van der Waals surface area contributed by atoms with E-state index in [0.717, 1.165) is 32.4 Å². The lowest BCUT2D eigenvalue weighted by Gasteiger charge is -2.33. The Morgan fingerprint density at radius 2 is 1.91 bits per heavy atom. The molecule has 1 N–H and O–H groups in total. The smallest absolute Gasteiger partial charge is 0.240 e. The van der Waals surface area contributed by atoms with Gasteiger partial charge in [0.05, 0.1) is 4.90 Å². The Bertz CT molecular complexity index is 642. The fraction of sp³-hybridized carbons (Fsp3) is 0.667. The standard InChI is InChI=1S/C18H28N2O2S/c1-15-6-4-5-12-20(15)13-11-19-23(21,22)18-10-9-16-7-2-3-8-17(16)14-18/h9-10,14-15,19H,2-8,11-13H2,1H3. The van der Waals surface area contributed by atoms with Crippen molar-refractivity contribution in [3.63, 3.8) is 0 Å². The van der Waals surface area contributed by atoms with E-state index in [2.05, 4.69) is 16.5 Å². The fourth-order valence-electron chi connectivity index (χ4n) is 3.77. The molecular weight excluding hydrogens is 308 g/mol. The van der Waals surface area contributed by atoms with Crippen LogP contribution in [-0.4, -0.2) is 39.0 Å². The quantitative estimate of drug-likeness (QED) is 0.899. The van der Waals surface area contributed by atoms with Gasteiger partial charge >= 0.3 is 0 Å². The summed E-state index contributed by atoms with van der Waals surface area (Å²) in [5.74, 6) is 0. The Kier molecular flexibility index (Phi) is 5.39. The number of rotatable bonds is 5. The van der Waals surface area contributed by atoms with Crippen LogP contribution in [0.25, 0.3) is 0 Å². The van der Waals surface area contributed by atoms with E-state index in [1.165, 1.54) is 36.8 Å². The highest BCUT2D eigenvalue weighted by atomic mass is 32.2. The Hall–Kier alpha value is -0.910. The number of nitrogens with zero attached hydrogens (tertiary/aromatic N) is 1. The first-order valence-corrected chi connectivity index (χ1v) is 10.4. The molecule has 2 aliphatic rings. The molecule has 1 heterocycles. The third-order valence-corrected chi connectivity index (χ3v) is 6.72. The average molecular weight is 337 g/mol. The lowest BCUT2D eigenvalue weighted by atomic mass is 9.92. The molecule has 1 aliphatic heterocycles. The van der Waals surface area contributed by atoms with Crippen LogP contribution in [0.5, 0.6) is 0 Å². The number of sulfonamides is 1. The summed E-state index contributed by atoms with van der Waals surface area (Å²) in [4.78, 5) is 2.81. The molecule has 23 heavy (non-hydrogen) atoms. The lowest BCUT2D eigenvalue weighted by Crippen LogP contribution is -2.42. The third-order valence-electron chi connectivity index (χ3n) is 5.26. The highest BCUT2D eigenvalue weighted by molar-refractivity contribution is 7.89. The van der Waals surface area contributed by atoms with Gasteiger partial charge in [-0.15, -0.1) is 0 Å². The number of hydrogen-bond acceptors (Lipinski definition) is 3.